The SMILES string of the molecule is CC.CC1(C)OB(c2cc(-c3ccc4c(ccn4-c4ccccc4)c3)cc(-c3ccc4c(ccn4-c4ccccc4)c3)c2)OC1(C)C. The highest BCUT2D eigenvalue weighted by atomic mass is 16.7. The number of rotatable bonds is 5. The average molecular weight is 617 g/mol. The van der Waals surface area contributed by atoms with Crippen molar-refractivity contribution in [3.05, 3.63) is 140 Å². The molecular formula is C42H41BN2O2. The van der Waals surface area contributed by atoms with Crippen LogP contribution in [0.15, 0.2) is 140 Å². The van der Waals surface area contributed by atoms with Crippen LogP contribution < -0.4 is 5.46 Å². The topological polar surface area (TPSA) is 28.3 Å². The Balaban J connectivity index is 0.00000172. The third kappa shape index (κ3) is 5.60. The zero-order valence-electron chi connectivity index (χ0n) is 28.1. The highest BCUT2D eigenvalue weighted by Crippen LogP contribution is 2.38. The van der Waals surface area contributed by atoms with Crippen molar-refractivity contribution in [3.63, 3.8) is 0 Å². The van der Waals surface area contributed by atoms with Gasteiger partial charge in [0.2, 0.25) is 0 Å². The van der Waals surface area contributed by atoms with Gasteiger partial charge in [-0.25, -0.2) is 0 Å². The molecule has 0 saturated carbocycles. The van der Waals surface area contributed by atoms with Gasteiger partial charge in [0, 0.05) is 34.5 Å². The lowest BCUT2D eigenvalue weighted by atomic mass is 9.76. The van der Waals surface area contributed by atoms with Gasteiger partial charge in [-0.2, -0.15) is 0 Å². The van der Waals surface area contributed by atoms with Crippen molar-refractivity contribution in [1.29, 1.82) is 0 Å². The van der Waals surface area contributed by atoms with E-state index in [2.05, 4.69) is 177 Å². The summed E-state index contributed by atoms with van der Waals surface area (Å²) in [6.45, 7) is 12.4. The minimum atomic E-state index is -0.459. The molecule has 0 aliphatic carbocycles. The molecule has 3 heterocycles. The van der Waals surface area contributed by atoms with E-state index in [0.29, 0.717) is 0 Å². The zero-order valence-corrected chi connectivity index (χ0v) is 28.1. The van der Waals surface area contributed by atoms with Gasteiger partial charge in [0.1, 0.15) is 0 Å². The molecule has 0 bridgehead atoms. The fourth-order valence-electron chi connectivity index (χ4n) is 6.37. The minimum Gasteiger partial charge on any atom is -0.399 e. The second-order valence-corrected chi connectivity index (χ2v) is 13.0. The van der Waals surface area contributed by atoms with Crippen LogP contribution in [0.4, 0.5) is 0 Å². The Morgan fingerprint density at radius 1 is 0.468 bits per heavy atom. The molecule has 1 saturated heterocycles. The number of nitrogens with zero attached hydrogens (tertiary/aromatic N) is 2. The summed E-state index contributed by atoms with van der Waals surface area (Å²) in [5.41, 5.74) is 9.42. The van der Waals surface area contributed by atoms with Crippen LogP contribution in [0, 0.1) is 0 Å². The molecule has 234 valence electrons. The Morgan fingerprint density at radius 3 is 1.32 bits per heavy atom. The van der Waals surface area contributed by atoms with E-state index in [1.54, 1.807) is 0 Å². The monoisotopic (exact) mass is 616 g/mol. The van der Waals surface area contributed by atoms with Crippen LogP contribution in [0.2, 0.25) is 0 Å². The first-order chi connectivity index (χ1) is 22.8. The molecule has 47 heavy (non-hydrogen) atoms. The Labute approximate surface area is 278 Å². The maximum Gasteiger partial charge on any atom is 0.494 e. The maximum atomic E-state index is 6.55. The van der Waals surface area contributed by atoms with Crippen LogP contribution in [0.1, 0.15) is 41.5 Å². The Bertz CT molecular complexity index is 2030. The first-order valence-electron chi connectivity index (χ1n) is 16.6. The van der Waals surface area contributed by atoms with Gasteiger partial charge in [-0.1, -0.05) is 74.5 Å². The van der Waals surface area contributed by atoms with E-state index in [0.717, 1.165) is 39.1 Å². The van der Waals surface area contributed by atoms with E-state index in [-0.39, 0.29) is 0 Å². The second kappa shape index (κ2) is 12.1. The first kappa shape index (κ1) is 30.8. The van der Waals surface area contributed by atoms with Crippen LogP contribution in [0.5, 0.6) is 0 Å². The molecule has 0 radical (unpaired) electrons. The van der Waals surface area contributed by atoms with Gasteiger partial charge in [0.15, 0.2) is 0 Å². The Morgan fingerprint density at radius 2 is 0.894 bits per heavy atom. The highest BCUT2D eigenvalue weighted by molar-refractivity contribution is 6.62. The van der Waals surface area contributed by atoms with Gasteiger partial charge in [-0.05, 0) is 122 Å². The molecule has 1 aliphatic rings. The molecule has 8 rings (SSSR count). The van der Waals surface area contributed by atoms with Crippen molar-refractivity contribution < 1.29 is 9.31 Å². The van der Waals surface area contributed by atoms with Crippen molar-refractivity contribution in [2.24, 2.45) is 0 Å². The average Bonchev–Trinajstić information content (AvgIpc) is 3.78. The number of benzene rings is 5. The van der Waals surface area contributed by atoms with Crippen molar-refractivity contribution in [3.8, 4) is 33.6 Å². The summed E-state index contributed by atoms with van der Waals surface area (Å²) < 4.78 is 17.6. The van der Waals surface area contributed by atoms with Crippen LogP contribution >= 0.6 is 0 Å². The maximum absolute atomic E-state index is 6.55. The summed E-state index contributed by atoms with van der Waals surface area (Å²) in [4.78, 5) is 0. The lowest BCUT2D eigenvalue weighted by Gasteiger charge is -2.32. The van der Waals surface area contributed by atoms with Crippen molar-refractivity contribution >= 4 is 34.4 Å². The number of hydrogen-bond donors (Lipinski definition) is 0. The van der Waals surface area contributed by atoms with E-state index in [9.17, 15) is 0 Å². The molecule has 1 fully saturated rings. The fraction of sp³-hybridized carbons (Fsp3) is 0.190. The Kier molecular flexibility index (Phi) is 7.91. The minimum absolute atomic E-state index is 0.424. The molecule has 0 amide bonds. The second-order valence-electron chi connectivity index (χ2n) is 13.0. The van der Waals surface area contributed by atoms with Crippen LogP contribution in [-0.2, 0) is 9.31 Å². The zero-order chi connectivity index (χ0) is 32.8. The van der Waals surface area contributed by atoms with Gasteiger partial charge in [0.05, 0.1) is 22.2 Å². The normalized spacial score (nSPS) is 15.1. The molecule has 5 aromatic carbocycles. The molecule has 2 aromatic heterocycles. The summed E-state index contributed by atoms with van der Waals surface area (Å²) in [6, 6.07) is 45.5. The van der Waals surface area contributed by atoms with Crippen LogP contribution in [0.25, 0.3) is 55.4 Å². The molecule has 7 aromatic rings. The lowest BCUT2D eigenvalue weighted by Crippen LogP contribution is -2.41. The van der Waals surface area contributed by atoms with Gasteiger partial charge in [-0.3, -0.25) is 0 Å². The van der Waals surface area contributed by atoms with Crippen molar-refractivity contribution in [1.82, 2.24) is 9.13 Å². The summed E-state index contributed by atoms with van der Waals surface area (Å²) in [5, 5.41) is 2.39. The molecule has 0 N–H and O–H groups in total. The van der Waals surface area contributed by atoms with E-state index >= 15 is 0 Å². The fourth-order valence-corrected chi connectivity index (χ4v) is 6.37. The number of hydrogen-bond acceptors (Lipinski definition) is 2. The summed E-state index contributed by atoms with van der Waals surface area (Å²) in [7, 11) is -0.459. The summed E-state index contributed by atoms with van der Waals surface area (Å²) >= 11 is 0. The molecule has 0 unspecified atom stereocenters. The van der Waals surface area contributed by atoms with Crippen molar-refractivity contribution in [2.75, 3.05) is 0 Å². The van der Waals surface area contributed by atoms with Gasteiger partial charge < -0.3 is 18.4 Å². The summed E-state index contributed by atoms with van der Waals surface area (Å²) in [5.74, 6) is 0. The summed E-state index contributed by atoms with van der Waals surface area (Å²) in [6.07, 6.45) is 4.29. The van der Waals surface area contributed by atoms with Gasteiger partial charge in [0.25, 0.3) is 0 Å². The van der Waals surface area contributed by atoms with Crippen LogP contribution in [0.3, 0.4) is 0 Å². The smallest absolute Gasteiger partial charge is 0.399 e. The van der Waals surface area contributed by atoms with Gasteiger partial charge in [-0.15, -0.1) is 0 Å². The van der Waals surface area contributed by atoms with E-state index < -0.39 is 18.3 Å². The van der Waals surface area contributed by atoms with Crippen molar-refractivity contribution in [2.45, 2.75) is 52.7 Å². The molecule has 1 aliphatic heterocycles. The largest absolute Gasteiger partial charge is 0.494 e. The lowest BCUT2D eigenvalue weighted by molar-refractivity contribution is 0.00578. The molecule has 4 nitrogen and oxygen atoms in total. The van der Waals surface area contributed by atoms with Gasteiger partial charge >= 0.3 is 7.12 Å². The standard InChI is InChI=1S/C40H35BN2O2.C2H6/c1-39(2)40(3,4)45-41(44-39)34-26-32(28-15-17-37-30(23-28)19-21-42(37)35-11-7-5-8-12-35)25-33(27-34)29-16-18-38-31(24-29)20-22-43(38)36-13-9-6-10-14-36;1-2/h5-27H,1-4H3;1-2H3. The first-order valence-corrected chi connectivity index (χ1v) is 16.6. The predicted molar refractivity (Wildman–Crippen MR) is 198 cm³/mol. The molecule has 0 spiro atoms. The number of para-hydroxylation sites is 2. The number of aromatic nitrogens is 2. The quantitative estimate of drug-likeness (QED) is 0.180. The number of fused-ring (bicyclic) bond motifs is 2. The molecular weight excluding hydrogens is 575 g/mol. The highest BCUT2D eigenvalue weighted by Gasteiger charge is 2.51. The van der Waals surface area contributed by atoms with E-state index in [1.807, 2.05) is 13.8 Å². The Hall–Kier alpha value is -4.84. The third-order valence-electron chi connectivity index (χ3n) is 9.60. The predicted octanol–water partition coefficient (Wildman–Crippen LogP) is 10.2. The van der Waals surface area contributed by atoms with E-state index in [1.165, 1.54) is 21.8 Å². The van der Waals surface area contributed by atoms with Crippen LogP contribution in [-0.4, -0.2) is 27.5 Å². The van der Waals surface area contributed by atoms with E-state index in [4.69, 9.17) is 9.31 Å². The third-order valence-corrected chi connectivity index (χ3v) is 9.60. The molecule has 5 heteroatoms. The molecule has 0 atom stereocenters.